The standard InChI is InChI=1S/C24H20N4O2/c29-23(14-11-20-16-25-28(18-20)22-6-2-1-3-7-22)26-21-12-9-19(10-13-21)17-27-15-5-4-8-24(27)30/h1-16,18H,17H2,(H,26,29). The maximum absolute atomic E-state index is 12.2. The normalized spacial score (nSPS) is 10.9. The van der Waals surface area contributed by atoms with E-state index < -0.39 is 0 Å². The minimum atomic E-state index is -0.227. The molecule has 2 aromatic heterocycles. The van der Waals surface area contributed by atoms with Crippen LogP contribution in [0.15, 0.2) is 102 Å². The molecule has 6 heteroatoms. The maximum Gasteiger partial charge on any atom is 0.250 e. The zero-order valence-corrected chi connectivity index (χ0v) is 16.2. The lowest BCUT2D eigenvalue weighted by Gasteiger charge is -2.07. The Hall–Kier alpha value is -4.19. The van der Waals surface area contributed by atoms with Crippen molar-refractivity contribution in [3.63, 3.8) is 0 Å². The third kappa shape index (κ3) is 4.80. The number of nitrogens with zero attached hydrogens (tertiary/aromatic N) is 3. The number of hydrogen-bond donors (Lipinski definition) is 1. The molecule has 0 radical (unpaired) electrons. The number of amides is 1. The minimum absolute atomic E-state index is 0.0457. The van der Waals surface area contributed by atoms with Gasteiger partial charge in [-0.1, -0.05) is 36.4 Å². The quantitative estimate of drug-likeness (QED) is 0.505. The summed E-state index contributed by atoms with van der Waals surface area (Å²) in [4.78, 5) is 24.0. The lowest BCUT2D eigenvalue weighted by molar-refractivity contribution is -0.111. The summed E-state index contributed by atoms with van der Waals surface area (Å²) in [7, 11) is 0. The van der Waals surface area contributed by atoms with Crippen LogP contribution in [0.25, 0.3) is 11.8 Å². The van der Waals surface area contributed by atoms with Crippen molar-refractivity contribution in [2.45, 2.75) is 6.54 Å². The van der Waals surface area contributed by atoms with Crippen LogP contribution in [0.2, 0.25) is 0 Å². The van der Waals surface area contributed by atoms with Crippen LogP contribution in [0.1, 0.15) is 11.1 Å². The monoisotopic (exact) mass is 396 g/mol. The molecule has 0 bridgehead atoms. The van der Waals surface area contributed by atoms with Crippen LogP contribution in [0.4, 0.5) is 5.69 Å². The van der Waals surface area contributed by atoms with Gasteiger partial charge in [0.05, 0.1) is 18.4 Å². The van der Waals surface area contributed by atoms with Crippen LogP contribution < -0.4 is 10.9 Å². The van der Waals surface area contributed by atoms with Crippen LogP contribution >= 0.6 is 0 Å². The van der Waals surface area contributed by atoms with E-state index in [4.69, 9.17) is 0 Å². The zero-order valence-electron chi connectivity index (χ0n) is 16.2. The van der Waals surface area contributed by atoms with E-state index in [1.54, 1.807) is 33.8 Å². The summed E-state index contributed by atoms with van der Waals surface area (Å²) in [5, 5.41) is 7.14. The Kier molecular flexibility index (Phi) is 5.66. The Morgan fingerprint density at radius 3 is 2.50 bits per heavy atom. The third-order valence-electron chi connectivity index (χ3n) is 4.52. The maximum atomic E-state index is 12.2. The van der Waals surface area contributed by atoms with Gasteiger partial charge in [-0.3, -0.25) is 9.59 Å². The van der Waals surface area contributed by atoms with E-state index in [1.165, 1.54) is 12.1 Å². The molecule has 0 aliphatic rings. The van der Waals surface area contributed by atoms with Crippen molar-refractivity contribution in [2.24, 2.45) is 0 Å². The molecule has 4 rings (SSSR count). The molecule has 0 atom stereocenters. The molecule has 30 heavy (non-hydrogen) atoms. The van der Waals surface area contributed by atoms with E-state index in [9.17, 15) is 9.59 Å². The first-order chi connectivity index (χ1) is 14.7. The molecule has 0 unspecified atom stereocenters. The topological polar surface area (TPSA) is 68.9 Å². The first-order valence-corrected chi connectivity index (χ1v) is 9.51. The van der Waals surface area contributed by atoms with Crippen LogP contribution in [-0.2, 0) is 11.3 Å². The summed E-state index contributed by atoms with van der Waals surface area (Å²) in [6.07, 6.45) is 8.51. The van der Waals surface area contributed by atoms with Crippen LogP contribution in [-0.4, -0.2) is 20.3 Å². The summed E-state index contributed by atoms with van der Waals surface area (Å²) >= 11 is 0. The molecule has 0 saturated heterocycles. The Bertz CT molecular complexity index is 1220. The van der Waals surface area contributed by atoms with E-state index in [0.717, 1.165) is 16.8 Å². The van der Waals surface area contributed by atoms with E-state index in [2.05, 4.69) is 10.4 Å². The van der Waals surface area contributed by atoms with Gasteiger partial charge in [-0.05, 0) is 42.0 Å². The number of nitrogens with one attached hydrogen (secondary N) is 1. The predicted octanol–water partition coefficient (Wildman–Crippen LogP) is 3.73. The molecule has 6 nitrogen and oxygen atoms in total. The Morgan fingerprint density at radius 2 is 1.73 bits per heavy atom. The molecule has 0 fully saturated rings. The Balaban J connectivity index is 1.35. The summed E-state index contributed by atoms with van der Waals surface area (Å²) in [6, 6.07) is 22.3. The molecule has 0 saturated carbocycles. The fourth-order valence-corrected chi connectivity index (χ4v) is 2.98. The molecule has 4 aromatic rings. The number of hydrogen-bond acceptors (Lipinski definition) is 3. The van der Waals surface area contributed by atoms with Crippen molar-refractivity contribution in [3.8, 4) is 5.69 Å². The van der Waals surface area contributed by atoms with Crippen molar-refractivity contribution in [1.29, 1.82) is 0 Å². The summed E-state index contributed by atoms with van der Waals surface area (Å²) in [6.45, 7) is 0.485. The number of carbonyl (C=O) groups is 1. The van der Waals surface area contributed by atoms with Gasteiger partial charge in [-0.15, -0.1) is 0 Å². The number of carbonyl (C=O) groups excluding carboxylic acids is 1. The molecule has 1 N–H and O–H groups in total. The first-order valence-electron chi connectivity index (χ1n) is 9.51. The van der Waals surface area contributed by atoms with Crippen molar-refractivity contribution in [1.82, 2.24) is 14.3 Å². The average molecular weight is 396 g/mol. The highest BCUT2D eigenvalue weighted by molar-refractivity contribution is 6.01. The van der Waals surface area contributed by atoms with Gasteiger partial charge in [-0.25, -0.2) is 4.68 Å². The van der Waals surface area contributed by atoms with Crippen molar-refractivity contribution in [3.05, 3.63) is 119 Å². The number of anilines is 1. The lowest BCUT2D eigenvalue weighted by Crippen LogP contribution is -2.18. The highest BCUT2D eigenvalue weighted by atomic mass is 16.1. The number of aromatic nitrogens is 3. The van der Waals surface area contributed by atoms with Gasteiger partial charge in [0.1, 0.15) is 0 Å². The van der Waals surface area contributed by atoms with E-state index >= 15 is 0 Å². The van der Waals surface area contributed by atoms with Gasteiger partial charge in [0.2, 0.25) is 5.91 Å². The van der Waals surface area contributed by atoms with Gasteiger partial charge in [0.15, 0.2) is 0 Å². The fourth-order valence-electron chi connectivity index (χ4n) is 2.98. The van der Waals surface area contributed by atoms with Crippen molar-refractivity contribution < 1.29 is 4.79 Å². The molecule has 2 aromatic carbocycles. The summed E-state index contributed by atoms with van der Waals surface area (Å²) in [5.41, 5.74) is 3.41. The average Bonchev–Trinajstić information content (AvgIpc) is 3.25. The van der Waals surface area contributed by atoms with Crippen LogP contribution in [0, 0.1) is 0 Å². The van der Waals surface area contributed by atoms with Crippen molar-refractivity contribution in [2.75, 3.05) is 5.32 Å². The van der Waals surface area contributed by atoms with E-state index in [1.807, 2.05) is 66.9 Å². The second-order valence-corrected chi connectivity index (χ2v) is 6.74. The first kappa shape index (κ1) is 19.1. The van der Waals surface area contributed by atoms with Crippen molar-refractivity contribution >= 4 is 17.7 Å². The van der Waals surface area contributed by atoms with Crippen LogP contribution in [0.3, 0.4) is 0 Å². The molecular formula is C24H20N4O2. The van der Waals surface area contributed by atoms with E-state index in [-0.39, 0.29) is 11.5 Å². The summed E-state index contributed by atoms with van der Waals surface area (Å²) in [5.74, 6) is -0.227. The van der Waals surface area contributed by atoms with Gasteiger partial charge < -0.3 is 9.88 Å². The van der Waals surface area contributed by atoms with Gasteiger partial charge >= 0.3 is 0 Å². The van der Waals surface area contributed by atoms with Crippen LogP contribution in [0.5, 0.6) is 0 Å². The smallest absolute Gasteiger partial charge is 0.250 e. The minimum Gasteiger partial charge on any atom is -0.323 e. The number of rotatable bonds is 6. The SMILES string of the molecule is O=C(C=Cc1cnn(-c2ccccc2)c1)Nc1ccc(Cn2ccccc2=O)cc1. The second-order valence-electron chi connectivity index (χ2n) is 6.74. The third-order valence-corrected chi connectivity index (χ3v) is 4.52. The highest BCUT2D eigenvalue weighted by Gasteiger charge is 2.02. The molecule has 0 aliphatic heterocycles. The second kappa shape index (κ2) is 8.87. The lowest BCUT2D eigenvalue weighted by atomic mass is 10.2. The molecule has 0 spiro atoms. The molecular weight excluding hydrogens is 376 g/mol. The van der Waals surface area contributed by atoms with E-state index in [0.29, 0.717) is 12.2 Å². The number of benzene rings is 2. The number of pyridine rings is 1. The summed E-state index contributed by atoms with van der Waals surface area (Å²) < 4.78 is 3.39. The number of para-hydroxylation sites is 1. The largest absolute Gasteiger partial charge is 0.323 e. The Labute approximate surface area is 173 Å². The Morgan fingerprint density at radius 1 is 0.967 bits per heavy atom. The van der Waals surface area contributed by atoms with Gasteiger partial charge in [-0.2, -0.15) is 5.10 Å². The predicted molar refractivity (Wildman–Crippen MR) is 117 cm³/mol. The molecule has 2 heterocycles. The zero-order chi connectivity index (χ0) is 20.8. The highest BCUT2D eigenvalue weighted by Crippen LogP contribution is 2.12. The molecule has 0 aliphatic carbocycles. The van der Waals surface area contributed by atoms with Gasteiger partial charge in [0.25, 0.3) is 5.56 Å². The molecule has 1 amide bonds. The molecule has 148 valence electrons. The fraction of sp³-hybridized carbons (Fsp3) is 0.0417. The van der Waals surface area contributed by atoms with Gasteiger partial charge in [0, 0.05) is 35.8 Å².